The van der Waals surface area contributed by atoms with Gasteiger partial charge in [-0.1, -0.05) is 0 Å². The van der Waals surface area contributed by atoms with E-state index in [4.69, 9.17) is 0 Å². The van der Waals surface area contributed by atoms with Crippen LogP contribution in [0.25, 0.3) is 0 Å². The summed E-state index contributed by atoms with van der Waals surface area (Å²) in [6, 6.07) is 3.17. The molecule has 0 aliphatic heterocycles. The largest absolute Gasteiger partial charge is 0.317 e. The monoisotopic (exact) mass is 191 g/mol. The molecule has 0 aromatic carbocycles. The van der Waals surface area contributed by atoms with Crippen LogP contribution in [0.4, 0.5) is 0 Å². The molecule has 0 saturated heterocycles. The van der Waals surface area contributed by atoms with Crippen LogP contribution in [0.2, 0.25) is 0 Å². The van der Waals surface area contributed by atoms with Gasteiger partial charge in [-0.15, -0.1) is 12.4 Å². The number of nitrogens with one attached hydrogen (secondary N) is 1. The second kappa shape index (κ2) is 10.6. The van der Waals surface area contributed by atoms with Gasteiger partial charge in [-0.25, -0.2) is 9.98 Å². The minimum Gasteiger partial charge on any atom is -0.317 e. The van der Waals surface area contributed by atoms with E-state index in [0.29, 0.717) is 6.04 Å². The highest BCUT2D eigenvalue weighted by Crippen LogP contribution is 1.87. The zero-order valence-electron chi connectivity index (χ0n) is 8.00. The summed E-state index contributed by atoms with van der Waals surface area (Å²) in [5.41, 5.74) is 0. The smallest absolute Gasteiger partial charge is 0.0892 e. The average Bonchev–Trinajstić information content (AvgIpc) is 2.04. The highest BCUT2D eigenvalue weighted by Gasteiger charge is 1.93. The molecule has 0 spiro atoms. The summed E-state index contributed by atoms with van der Waals surface area (Å²) in [4.78, 5) is 7.85. The van der Waals surface area contributed by atoms with Gasteiger partial charge < -0.3 is 5.32 Å². The van der Waals surface area contributed by atoms with Gasteiger partial charge in [0.05, 0.1) is 12.6 Å². The first-order chi connectivity index (χ1) is 5.31. The molecule has 1 atom stereocenters. The fourth-order valence-electron chi connectivity index (χ4n) is 0.573. The van der Waals surface area contributed by atoms with Crippen LogP contribution in [0.3, 0.4) is 0 Å². The fourth-order valence-corrected chi connectivity index (χ4v) is 0.573. The first-order valence-electron chi connectivity index (χ1n) is 4.06. The molecule has 72 valence electrons. The summed E-state index contributed by atoms with van der Waals surface area (Å²) >= 11 is 0. The lowest BCUT2D eigenvalue weighted by atomic mass is 10.2. The molecule has 0 radical (unpaired) electrons. The minimum atomic E-state index is 0. The number of halogens is 1. The van der Waals surface area contributed by atoms with Crippen molar-refractivity contribution in [3.8, 4) is 0 Å². The van der Waals surface area contributed by atoms with E-state index in [1.165, 1.54) is 0 Å². The van der Waals surface area contributed by atoms with Gasteiger partial charge in [-0.05, 0) is 27.3 Å². The second-order valence-electron chi connectivity index (χ2n) is 2.43. The van der Waals surface area contributed by atoms with Gasteiger partial charge in [-0.3, -0.25) is 0 Å². The molecule has 0 bridgehead atoms. The van der Waals surface area contributed by atoms with Gasteiger partial charge in [-0.2, -0.15) is 0 Å². The lowest BCUT2D eigenvalue weighted by Crippen LogP contribution is -2.21. The van der Waals surface area contributed by atoms with Crippen molar-refractivity contribution in [2.45, 2.75) is 26.3 Å². The molecule has 0 fully saturated rings. The van der Waals surface area contributed by atoms with Crippen molar-refractivity contribution >= 4 is 18.4 Å². The number of hydrogen-bond acceptors (Lipinski definition) is 3. The normalized spacial score (nSPS) is 10.9. The number of hydrogen-bond donors (Lipinski definition) is 1. The summed E-state index contributed by atoms with van der Waals surface area (Å²) in [6.45, 7) is 5.68. The summed E-state index contributed by atoms with van der Waals surface area (Å²) in [7, 11) is 1.95. The molecular weight excluding hydrogens is 174 g/mol. The zero-order valence-corrected chi connectivity index (χ0v) is 8.82. The van der Waals surface area contributed by atoms with Crippen LogP contribution >= 0.6 is 12.4 Å². The summed E-state index contributed by atoms with van der Waals surface area (Å²) in [5.74, 6) is 0. The highest BCUT2D eigenvalue weighted by atomic mass is 35.5. The predicted octanol–water partition coefficient (Wildman–Crippen LogP) is 1.60. The average molecular weight is 192 g/mol. The summed E-state index contributed by atoms with van der Waals surface area (Å²) < 4.78 is 0. The molecule has 0 rings (SSSR count). The van der Waals surface area contributed by atoms with E-state index < -0.39 is 0 Å². The SMILES string of the molecule is CCN=C=NCCC(C)NC.Cl. The minimum absolute atomic E-state index is 0. The summed E-state index contributed by atoms with van der Waals surface area (Å²) in [6.07, 6.45) is 1.04. The third kappa shape index (κ3) is 9.63. The van der Waals surface area contributed by atoms with Crippen molar-refractivity contribution in [2.24, 2.45) is 9.98 Å². The van der Waals surface area contributed by atoms with E-state index in [1.54, 1.807) is 0 Å². The molecule has 0 aliphatic carbocycles. The van der Waals surface area contributed by atoms with E-state index in [-0.39, 0.29) is 12.4 Å². The first-order valence-corrected chi connectivity index (χ1v) is 4.06. The van der Waals surface area contributed by atoms with Crippen molar-refractivity contribution in [3.05, 3.63) is 0 Å². The number of rotatable bonds is 5. The second-order valence-corrected chi connectivity index (χ2v) is 2.43. The molecule has 0 amide bonds. The van der Waals surface area contributed by atoms with Gasteiger partial charge in [0.15, 0.2) is 0 Å². The molecule has 12 heavy (non-hydrogen) atoms. The Kier molecular flexibility index (Phi) is 12.6. The van der Waals surface area contributed by atoms with Gasteiger partial charge in [0.1, 0.15) is 0 Å². The van der Waals surface area contributed by atoms with Crippen LogP contribution in [0.5, 0.6) is 0 Å². The van der Waals surface area contributed by atoms with Crippen LogP contribution in [0.1, 0.15) is 20.3 Å². The Hall–Kier alpha value is -0.370. The van der Waals surface area contributed by atoms with Crippen molar-refractivity contribution in [2.75, 3.05) is 20.1 Å². The molecule has 1 unspecified atom stereocenters. The molecule has 0 aliphatic rings. The topological polar surface area (TPSA) is 36.8 Å². The van der Waals surface area contributed by atoms with Crippen LogP contribution in [-0.2, 0) is 0 Å². The van der Waals surface area contributed by atoms with Gasteiger partial charge in [0, 0.05) is 12.6 Å². The van der Waals surface area contributed by atoms with Crippen LogP contribution in [0, 0.1) is 0 Å². The maximum Gasteiger partial charge on any atom is 0.0892 e. The van der Waals surface area contributed by atoms with Crippen molar-refractivity contribution in [1.29, 1.82) is 0 Å². The molecule has 0 aromatic heterocycles. The fraction of sp³-hybridized carbons (Fsp3) is 0.875. The van der Waals surface area contributed by atoms with Crippen LogP contribution in [-0.4, -0.2) is 32.2 Å². The number of aliphatic imine (C=N–C) groups is 2. The Morgan fingerprint density at radius 2 is 2.08 bits per heavy atom. The van der Waals surface area contributed by atoms with Gasteiger partial charge in [0.25, 0.3) is 0 Å². The van der Waals surface area contributed by atoms with Gasteiger partial charge in [0.2, 0.25) is 0 Å². The van der Waals surface area contributed by atoms with Crippen LogP contribution < -0.4 is 5.32 Å². The lowest BCUT2D eigenvalue weighted by Gasteiger charge is -2.05. The van der Waals surface area contributed by atoms with E-state index in [1.807, 2.05) is 14.0 Å². The standard InChI is InChI=1S/C8H17N3.ClH/c1-4-10-7-11-6-5-8(2)9-3;/h8-9H,4-6H2,1-3H3;1H. The maximum absolute atomic E-state index is 3.99. The van der Waals surface area contributed by atoms with E-state index in [9.17, 15) is 0 Å². The highest BCUT2D eigenvalue weighted by molar-refractivity contribution is 5.85. The summed E-state index contributed by atoms with van der Waals surface area (Å²) in [5, 5.41) is 3.14. The Bertz CT molecular complexity index is 141. The molecule has 1 N–H and O–H groups in total. The predicted molar refractivity (Wildman–Crippen MR) is 55.7 cm³/mol. The molecule has 0 heterocycles. The molecule has 3 nitrogen and oxygen atoms in total. The molecule has 0 saturated carbocycles. The Morgan fingerprint density at radius 1 is 1.42 bits per heavy atom. The molecular formula is C8H18ClN3. The van der Waals surface area contributed by atoms with Gasteiger partial charge >= 0.3 is 0 Å². The third-order valence-corrected chi connectivity index (χ3v) is 1.47. The van der Waals surface area contributed by atoms with E-state index in [0.717, 1.165) is 19.5 Å². The zero-order chi connectivity index (χ0) is 8.53. The Balaban J connectivity index is 0. The van der Waals surface area contributed by atoms with Crippen molar-refractivity contribution in [1.82, 2.24) is 5.32 Å². The quantitative estimate of drug-likeness (QED) is 0.659. The Morgan fingerprint density at radius 3 is 2.58 bits per heavy atom. The van der Waals surface area contributed by atoms with E-state index in [2.05, 4.69) is 28.2 Å². The van der Waals surface area contributed by atoms with Crippen LogP contribution in [0.15, 0.2) is 9.98 Å². The van der Waals surface area contributed by atoms with E-state index >= 15 is 0 Å². The van der Waals surface area contributed by atoms with Crippen molar-refractivity contribution < 1.29 is 0 Å². The number of nitrogens with zero attached hydrogens (tertiary/aromatic N) is 2. The maximum atomic E-state index is 3.99. The molecule has 0 aromatic rings. The third-order valence-electron chi connectivity index (χ3n) is 1.47. The molecule has 4 heteroatoms. The first kappa shape index (κ1) is 14.2. The Labute approximate surface area is 80.8 Å². The van der Waals surface area contributed by atoms with Crippen molar-refractivity contribution in [3.63, 3.8) is 0 Å². The lowest BCUT2D eigenvalue weighted by molar-refractivity contribution is 0.573.